The molecule has 1 fully saturated rings. The lowest BCUT2D eigenvalue weighted by Crippen LogP contribution is -2.43. The van der Waals surface area contributed by atoms with E-state index in [0.717, 1.165) is 11.1 Å². The van der Waals surface area contributed by atoms with E-state index in [9.17, 15) is 13.2 Å². The molecule has 5 nitrogen and oxygen atoms in total. The van der Waals surface area contributed by atoms with Crippen molar-refractivity contribution >= 4 is 39.1 Å². The summed E-state index contributed by atoms with van der Waals surface area (Å²) in [6.45, 7) is 3.18. The van der Waals surface area contributed by atoms with E-state index in [-0.39, 0.29) is 17.6 Å². The molecule has 0 aliphatic carbocycles. The number of carbonyl (C=O) groups is 1. The molecule has 1 saturated heterocycles. The number of halogens is 2. The van der Waals surface area contributed by atoms with Crippen molar-refractivity contribution in [3.8, 4) is 0 Å². The summed E-state index contributed by atoms with van der Waals surface area (Å²) >= 11 is 11.9. The van der Waals surface area contributed by atoms with E-state index < -0.39 is 10.0 Å². The first-order valence-corrected chi connectivity index (χ1v) is 11.9. The highest BCUT2D eigenvalue weighted by atomic mass is 35.5. The van der Waals surface area contributed by atoms with E-state index in [0.29, 0.717) is 48.1 Å². The lowest BCUT2D eigenvalue weighted by Gasteiger charge is -2.30. The van der Waals surface area contributed by atoms with Crippen LogP contribution in [-0.4, -0.2) is 31.7 Å². The SMILES string of the molecule is Cc1ccccc1CNC(=O)C1CCN(S(=O)(=O)Cc2ccc(Cl)c(Cl)c2)CC1. The Labute approximate surface area is 182 Å². The number of piperidine rings is 1. The molecule has 1 amide bonds. The van der Waals surface area contributed by atoms with Crippen LogP contribution in [0.5, 0.6) is 0 Å². The number of carbonyl (C=O) groups excluding carboxylic acids is 1. The van der Waals surface area contributed by atoms with Crippen LogP contribution in [0.1, 0.15) is 29.5 Å². The molecule has 1 N–H and O–H groups in total. The Morgan fingerprint density at radius 3 is 2.45 bits per heavy atom. The molecule has 1 aliphatic rings. The Bertz CT molecular complexity index is 987. The van der Waals surface area contributed by atoms with Crippen molar-refractivity contribution in [3.05, 3.63) is 69.2 Å². The van der Waals surface area contributed by atoms with Crippen molar-refractivity contribution in [2.24, 2.45) is 5.92 Å². The second-order valence-corrected chi connectivity index (χ2v) is 10.1. The number of benzene rings is 2. The van der Waals surface area contributed by atoms with Crippen molar-refractivity contribution in [1.82, 2.24) is 9.62 Å². The Hall–Kier alpha value is -1.60. The minimum atomic E-state index is -3.48. The molecule has 156 valence electrons. The molecule has 1 aliphatic heterocycles. The molecule has 3 rings (SSSR count). The van der Waals surface area contributed by atoms with Crippen molar-refractivity contribution < 1.29 is 13.2 Å². The normalized spacial score (nSPS) is 16.0. The molecule has 0 saturated carbocycles. The number of aryl methyl sites for hydroxylation is 1. The number of nitrogens with one attached hydrogen (secondary N) is 1. The Morgan fingerprint density at radius 1 is 1.10 bits per heavy atom. The average Bonchev–Trinajstić information content (AvgIpc) is 2.70. The van der Waals surface area contributed by atoms with Crippen molar-refractivity contribution in [3.63, 3.8) is 0 Å². The van der Waals surface area contributed by atoms with Crippen LogP contribution < -0.4 is 5.32 Å². The van der Waals surface area contributed by atoms with Crippen LogP contribution >= 0.6 is 23.2 Å². The number of amides is 1. The fourth-order valence-corrected chi connectivity index (χ4v) is 5.33. The van der Waals surface area contributed by atoms with Gasteiger partial charge in [0.1, 0.15) is 0 Å². The summed E-state index contributed by atoms with van der Waals surface area (Å²) in [6, 6.07) is 12.8. The third-order valence-electron chi connectivity index (χ3n) is 5.27. The van der Waals surface area contributed by atoms with Gasteiger partial charge in [0.05, 0.1) is 15.8 Å². The summed E-state index contributed by atoms with van der Waals surface area (Å²) in [4.78, 5) is 12.5. The van der Waals surface area contributed by atoms with Gasteiger partial charge < -0.3 is 5.32 Å². The quantitative estimate of drug-likeness (QED) is 0.712. The zero-order valence-corrected chi connectivity index (χ0v) is 18.5. The average molecular weight is 455 g/mol. The van der Waals surface area contributed by atoms with Gasteiger partial charge in [-0.15, -0.1) is 0 Å². The zero-order chi connectivity index (χ0) is 21.0. The van der Waals surface area contributed by atoms with Crippen molar-refractivity contribution in [2.75, 3.05) is 13.1 Å². The smallest absolute Gasteiger partial charge is 0.223 e. The number of nitrogens with zero attached hydrogens (tertiary/aromatic N) is 1. The number of hydrogen-bond donors (Lipinski definition) is 1. The molecule has 0 unspecified atom stereocenters. The molecule has 29 heavy (non-hydrogen) atoms. The third kappa shape index (κ3) is 5.72. The summed E-state index contributed by atoms with van der Waals surface area (Å²) in [5.74, 6) is -0.321. The predicted octanol–water partition coefficient (Wildman–Crippen LogP) is 4.16. The maximum absolute atomic E-state index is 12.7. The molecule has 8 heteroatoms. The van der Waals surface area contributed by atoms with E-state index in [1.165, 1.54) is 4.31 Å². The summed E-state index contributed by atoms with van der Waals surface area (Å²) < 4.78 is 26.9. The fraction of sp³-hybridized carbons (Fsp3) is 0.381. The lowest BCUT2D eigenvalue weighted by molar-refractivity contribution is -0.126. The highest BCUT2D eigenvalue weighted by Gasteiger charge is 2.31. The maximum Gasteiger partial charge on any atom is 0.223 e. The molecule has 0 atom stereocenters. The van der Waals surface area contributed by atoms with Gasteiger partial charge in [-0.25, -0.2) is 12.7 Å². The van der Waals surface area contributed by atoms with Gasteiger partial charge in [0.25, 0.3) is 0 Å². The Balaban J connectivity index is 1.53. The lowest BCUT2D eigenvalue weighted by atomic mass is 9.97. The van der Waals surface area contributed by atoms with Crippen LogP contribution in [-0.2, 0) is 27.1 Å². The summed E-state index contributed by atoms with van der Waals surface area (Å²) in [7, 11) is -3.48. The van der Waals surface area contributed by atoms with Crippen molar-refractivity contribution in [2.45, 2.75) is 32.1 Å². The minimum Gasteiger partial charge on any atom is -0.352 e. The third-order valence-corrected chi connectivity index (χ3v) is 7.85. The second-order valence-electron chi connectivity index (χ2n) is 7.32. The summed E-state index contributed by atoms with van der Waals surface area (Å²) in [5.41, 5.74) is 2.82. The Morgan fingerprint density at radius 2 is 1.79 bits per heavy atom. The van der Waals surface area contributed by atoms with Crippen molar-refractivity contribution in [1.29, 1.82) is 0 Å². The summed E-state index contributed by atoms with van der Waals surface area (Å²) in [5, 5.41) is 3.71. The summed E-state index contributed by atoms with van der Waals surface area (Å²) in [6.07, 6.45) is 1.03. The molecule has 2 aromatic rings. The Kier molecular flexibility index (Phi) is 7.22. The molecule has 2 aromatic carbocycles. The minimum absolute atomic E-state index is 0.0187. The van der Waals surface area contributed by atoms with Crippen LogP contribution in [0.2, 0.25) is 10.0 Å². The van der Waals surface area contributed by atoms with Gasteiger partial charge in [0.2, 0.25) is 15.9 Å². The predicted molar refractivity (Wildman–Crippen MR) is 116 cm³/mol. The van der Waals surface area contributed by atoms with Crippen LogP contribution in [0, 0.1) is 12.8 Å². The zero-order valence-electron chi connectivity index (χ0n) is 16.2. The van der Waals surface area contributed by atoms with Gasteiger partial charge >= 0.3 is 0 Å². The molecule has 0 radical (unpaired) electrons. The molecular weight excluding hydrogens is 431 g/mol. The molecule has 0 spiro atoms. The van der Waals surface area contributed by atoms with Gasteiger partial charge in [0.15, 0.2) is 0 Å². The highest BCUT2D eigenvalue weighted by molar-refractivity contribution is 7.88. The molecule has 0 bridgehead atoms. The number of sulfonamides is 1. The van der Waals surface area contributed by atoms with Crippen LogP contribution in [0.3, 0.4) is 0 Å². The first-order valence-electron chi connectivity index (χ1n) is 9.50. The van der Waals surface area contributed by atoms with Gasteiger partial charge in [-0.05, 0) is 48.6 Å². The maximum atomic E-state index is 12.7. The number of hydrogen-bond acceptors (Lipinski definition) is 3. The van der Waals surface area contributed by atoms with E-state index in [1.807, 2.05) is 31.2 Å². The standard InChI is InChI=1S/C21H24Cl2N2O3S/c1-15-4-2-3-5-18(15)13-24-21(26)17-8-10-25(11-9-17)29(27,28)14-16-6-7-19(22)20(23)12-16/h2-7,12,17H,8-11,13-14H2,1H3,(H,24,26). The number of rotatable bonds is 6. The molecule has 1 heterocycles. The van der Waals surface area contributed by atoms with Crippen LogP contribution in [0.15, 0.2) is 42.5 Å². The monoisotopic (exact) mass is 454 g/mol. The highest BCUT2D eigenvalue weighted by Crippen LogP contribution is 2.26. The van der Waals surface area contributed by atoms with Crippen LogP contribution in [0.4, 0.5) is 0 Å². The van der Waals surface area contributed by atoms with E-state index in [4.69, 9.17) is 23.2 Å². The first-order chi connectivity index (χ1) is 13.8. The van der Waals surface area contributed by atoms with Gasteiger partial charge in [-0.2, -0.15) is 0 Å². The largest absolute Gasteiger partial charge is 0.352 e. The van der Waals surface area contributed by atoms with Crippen LogP contribution in [0.25, 0.3) is 0 Å². The fourth-order valence-electron chi connectivity index (χ4n) is 3.46. The topological polar surface area (TPSA) is 66.5 Å². The second kappa shape index (κ2) is 9.47. The van der Waals surface area contributed by atoms with E-state index >= 15 is 0 Å². The van der Waals surface area contributed by atoms with Gasteiger partial charge in [0, 0.05) is 25.6 Å². The van der Waals surface area contributed by atoms with E-state index in [1.54, 1.807) is 18.2 Å². The molecular formula is C21H24Cl2N2O3S. The van der Waals surface area contributed by atoms with Gasteiger partial charge in [-0.1, -0.05) is 53.5 Å². The molecule has 0 aromatic heterocycles. The van der Waals surface area contributed by atoms with E-state index in [2.05, 4.69) is 5.32 Å². The first kappa shape index (κ1) is 22.1. The van der Waals surface area contributed by atoms with Gasteiger partial charge in [-0.3, -0.25) is 4.79 Å².